The average molecular weight is 404 g/mol. The lowest BCUT2D eigenvalue weighted by molar-refractivity contribution is -0.115. The van der Waals surface area contributed by atoms with Gasteiger partial charge >= 0.3 is 0 Å². The third-order valence-corrected chi connectivity index (χ3v) is 5.45. The standard InChI is InChI=1S/C23H17NO2S2/c25-22-21(28-23(27)24-22)14-16-6-8-18(9-7-16)19-10-12-20(13-11-19)26-15-17-4-2-1-3-5-17/h1-14H,15H2,(H,24,25,27)/b21-14-. The van der Waals surface area contributed by atoms with Crippen LogP contribution in [0.25, 0.3) is 17.2 Å². The van der Waals surface area contributed by atoms with Gasteiger partial charge in [0.2, 0.25) is 0 Å². The van der Waals surface area contributed by atoms with Gasteiger partial charge in [-0.3, -0.25) is 4.79 Å². The number of benzene rings is 3. The molecule has 0 aliphatic carbocycles. The number of thioether (sulfide) groups is 1. The minimum atomic E-state index is -0.134. The number of nitrogens with one attached hydrogen (secondary N) is 1. The van der Waals surface area contributed by atoms with E-state index in [-0.39, 0.29) is 5.91 Å². The molecule has 3 aromatic rings. The van der Waals surface area contributed by atoms with E-state index < -0.39 is 0 Å². The molecule has 1 amide bonds. The second-order valence-corrected chi connectivity index (χ2v) is 7.99. The number of rotatable bonds is 5. The molecular weight excluding hydrogens is 386 g/mol. The summed E-state index contributed by atoms with van der Waals surface area (Å²) in [7, 11) is 0. The van der Waals surface area contributed by atoms with Crippen LogP contribution in [0.4, 0.5) is 0 Å². The van der Waals surface area contributed by atoms with E-state index in [4.69, 9.17) is 17.0 Å². The van der Waals surface area contributed by atoms with Crippen LogP contribution in [-0.2, 0) is 11.4 Å². The Bertz CT molecular complexity index is 1030. The quantitative estimate of drug-likeness (QED) is 0.456. The molecule has 0 aromatic heterocycles. The van der Waals surface area contributed by atoms with Gasteiger partial charge in [-0.25, -0.2) is 0 Å². The van der Waals surface area contributed by atoms with Crippen LogP contribution in [0.3, 0.4) is 0 Å². The summed E-state index contributed by atoms with van der Waals surface area (Å²) in [5, 5.41) is 2.63. The van der Waals surface area contributed by atoms with Crippen LogP contribution < -0.4 is 10.1 Å². The molecule has 0 radical (unpaired) electrons. The molecule has 4 rings (SSSR count). The summed E-state index contributed by atoms with van der Waals surface area (Å²) in [6.45, 7) is 0.554. The fraction of sp³-hybridized carbons (Fsp3) is 0.0435. The highest BCUT2D eigenvalue weighted by atomic mass is 32.2. The van der Waals surface area contributed by atoms with Gasteiger partial charge in [-0.05, 0) is 40.5 Å². The average Bonchev–Trinajstić information content (AvgIpc) is 3.05. The molecule has 5 heteroatoms. The molecule has 0 saturated carbocycles. The summed E-state index contributed by atoms with van der Waals surface area (Å²) in [5.41, 5.74) is 4.33. The van der Waals surface area contributed by atoms with Crippen LogP contribution in [0.1, 0.15) is 11.1 Å². The summed E-state index contributed by atoms with van der Waals surface area (Å²) in [4.78, 5) is 12.4. The normalized spacial score (nSPS) is 14.9. The van der Waals surface area contributed by atoms with Gasteiger partial charge in [-0.2, -0.15) is 0 Å². The molecule has 0 atom stereocenters. The van der Waals surface area contributed by atoms with E-state index in [0.29, 0.717) is 15.8 Å². The first-order valence-electron chi connectivity index (χ1n) is 8.79. The van der Waals surface area contributed by atoms with Crippen molar-refractivity contribution in [2.75, 3.05) is 0 Å². The van der Waals surface area contributed by atoms with E-state index in [1.165, 1.54) is 11.8 Å². The van der Waals surface area contributed by atoms with E-state index in [1.807, 2.05) is 84.9 Å². The highest BCUT2D eigenvalue weighted by Gasteiger charge is 2.21. The number of thiocarbonyl (C=S) groups is 1. The predicted octanol–water partition coefficient (Wildman–Crippen LogP) is 5.42. The first-order valence-corrected chi connectivity index (χ1v) is 10.0. The molecule has 1 aliphatic heterocycles. The lowest BCUT2D eigenvalue weighted by atomic mass is 10.0. The van der Waals surface area contributed by atoms with Crippen molar-refractivity contribution in [3.05, 3.63) is 94.9 Å². The Morgan fingerprint density at radius 3 is 2.14 bits per heavy atom. The SMILES string of the molecule is O=C1NC(=S)S/C1=C\c1ccc(-c2ccc(OCc3ccccc3)cc2)cc1. The Kier molecular flexibility index (Phi) is 5.55. The Morgan fingerprint density at radius 2 is 1.54 bits per heavy atom. The Morgan fingerprint density at radius 1 is 0.893 bits per heavy atom. The number of carbonyl (C=O) groups excluding carboxylic acids is 1. The van der Waals surface area contributed by atoms with E-state index in [2.05, 4.69) is 5.32 Å². The summed E-state index contributed by atoms with van der Waals surface area (Å²) in [5.74, 6) is 0.708. The maximum atomic E-state index is 11.8. The van der Waals surface area contributed by atoms with E-state index >= 15 is 0 Å². The molecular formula is C23H17NO2S2. The Labute approximate surface area is 173 Å². The van der Waals surface area contributed by atoms with Crippen molar-refractivity contribution < 1.29 is 9.53 Å². The first kappa shape index (κ1) is 18.5. The van der Waals surface area contributed by atoms with Crippen molar-refractivity contribution in [3.63, 3.8) is 0 Å². The van der Waals surface area contributed by atoms with Gasteiger partial charge in [0, 0.05) is 0 Å². The third kappa shape index (κ3) is 4.50. The van der Waals surface area contributed by atoms with Crippen molar-refractivity contribution in [2.45, 2.75) is 6.61 Å². The topological polar surface area (TPSA) is 38.3 Å². The molecule has 3 nitrogen and oxygen atoms in total. The highest BCUT2D eigenvalue weighted by Crippen LogP contribution is 2.27. The lowest BCUT2D eigenvalue weighted by Crippen LogP contribution is -2.17. The van der Waals surface area contributed by atoms with Crippen molar-refractivity contribution in [2.24, 2.45) is 0 Å². The maximum Gasteiger partial charge on any atom is 0.263 e. The molecule has 0 spiro atoms. The van der Waals surface area contributed by atoms with Crippen molar-refractivity contribution in [1.29, 1.82) is 0 Å². The van der Waals surface area contributed by atoms with Crippen LogP contribution in [-0.4, -0.2) is 10.2 Å². The highest BCUT2D eigenvalue weighted by molar-refractivity contribution is 8.26. The van der Waals surface area contributed by atoms with Gasteiger partial charge in [0.15, 0.2) is 0 Å². The Hall–Kier alpha value is -2.89. The van der Waals surface area contributed by atoms with Crippen LogP contribution in [0.2, 0.25) is 0 Å². The summed E-state index contributed by atoms with van der Waals surface area (Å²) >= 11 is 6.30. The molecule has 3 aromatic carbocycles. The van der Waals surface area contributed by atoms with Crippen molar-refractivity contribution >= 4 is 40.3 Å². The first-order chi connectivity index (χ1) is 13.7. The smallest absolute Gasteiger partial charge is 0.263 e. The second-order valence-electron chi connectivity index (χ2n) is 6.27. The van der Waals surface area contributed by atoms with Crippen LogP contribution >= 0.6 is 24.0 Å². The van der Waals surface area contributed by atoms with Gasteiger partial charge in [-0.15, -0.1) is 0 Å². The lowest BCUT2D eigenvalue weighted by Gasteiger charge is -2.08. The molecule has 138 valence electrons. The van der Waals surface area contributed by atoms with Gasteiger partial charge < -0.3 is 10.1 Å². The zero-order valence-corrected chi connectivity index (χ0v) is 16.6. The minimum absolute atomic E-state index is 0.134. The zero-order chi connectivity index (χ0) is 19.3. The fourth-order valence-corrected chi connectivity index (χ4v) is 3.87. The van der Waals surface area contributed by atoms with E-state index in [0.717, 1.165) is 28.0 Å². The second kappa shape index (κ2) is 8.42. The molecule has 0 bridgehead atoms. The number of hydrogen-bond donors (Lipinski definition) is 1. The largest absolute Gasteiger partial charge is 0.489 e. The monoisotopic (exact) mass is 403 g/mol. The van der Waals surface area contributed by atoms with Gasteiger partial charge in [0.05, 0.1) is 4.91 Å². The summed E-state index contributed by atoms with van der Waals surface area (Å²) in [6, 6.07) is 26.2. The molecule has 1 fully saturated rings. The van der Waals surface area contributed by atoms with E-state index in [9.17, 15) is 4.79 Å². The molecule has 1 heterocycles. The molecule has 28 heavy (non-hydrogen) atoms. The summed E-state index contributed by atoms with van der Waals surface area (Å²) in [6.07, 6.45) is 1.85. The van der Waals surface area contributed by atoms with Crippen LogP contribution in [0, 0.1) is 0 Å². The molecule has 0 unspecified atom stereocenters. The van der Waals surface area contributed by atoms with Crippen LogP contribution in [0.15, 0.2) is 83.8 Å². The van der Waals surface area contributed by atoms with Gasteiger partial charge in [-0.1, -0.05) is 90.7 Å². The number of amides is 1. The Balaban J connectivity index is 1.42. The third-order valence-electron chi connectivity index (χ3n) is 4.29. The van der Waals surface area contributed by atoms with Crippen molar-refractivity contribution in [1.82, 2.24) is 5.32 Å². The van der Waals surface area contributed by atoms with E-state index in [1.54, 1.807) is 0 Å². The predicted molar refractivity (Wildman–Crippen MR) is 119 cm³/mol. The van der Waals surface area contributed by atoms with Gasteiger partial charge in [0.25, 0.3) is 5.91 Å². The maximum absolute atomic E-state index is 11.8. The minimum Gasteiger partial charge on any atom is -0.489 e. The number of hydrogen-bond acceptors (Lipinski definition) is 4. The molecule has 1 N–H and O–H groups in total. The van der Waals surface area contributed by atoms with Crippen LogP contribution in [0.5, 0.6) is 5.75 Å². The number of ether oxygens (including phenoxy) is 1. The molecule has 1 saturated heterocycles. The summed E-state index contributed by atoms with van der Waals surface area (Å²) < 4.78 is 6.34. The van der Waals surface area contributed by atoms with Crippen molar-refractivity contribution in [3.8, 4) is 16.9 Å². The number of carbonyl (C=O) groups is 1. The zero-order valence-electron chi connectivity index (χ0n) is 14.9. The van der Waals surface area contributed by atoms with Gasteiger partial charge in [0.1, 0.15) is 16.7 Å². The fourth-order valence-electron chi connectivity index (χ4n) is 2.83. The molecule has 1 aliphatic rings.